The topological polar surface area (TPSA) is 235 Å². The number of ether oxygens (including phenoxy) is 5. The van der Waals surface area contributed by atoms with E-state index >= 15 is 0 Å². The number of nitrogens with zero attached hydrogens (tertiary/aromatic N) is 4. The van der Waals surface area contributed by atoms with Gasteiger partial charge in [-0.3, -0.25) is 29.1 Å². The Labute approximate surface area is 438 Å². The summed E-state index contributed by atoms with van der Waals surface area (Å²) in [7, 11) is 1.56. The number of rotatable bonds is 29. The highest BCUT2D eigenvalue weighted by Gasteiger charge is 2.42. The number of piperidine rings is 2. The standard InChI is InChI=1S/C54H73N9O10S/c1-69-43-14-16-47(73-42-19-25-63(26-20-42)53(67)44-15-13-40(35-57-44)52(66)58-41-17-23-62(24-18-41)36-39-11-9-38(34-55)10-12-39)45(33-43)59-50(65)21-29-70-27-5-2-6-28-71-31-32-72-30-22-56-49(64)8-4-3-7-48-51-46(37-74-48)60-54(68)61-51/h9-16,33,35,41-42,46,48,51H,2-8,17-32,36-37H2,1H3,(H,56,64)(H,58,66)(H,59,65)(H2,60,61,68)/t46-,48-,51-/m0/s1. The minimum Gasteiger partial charge on any atom is -0.497 e. The number of unbranched alkanes of at least 4 members (excludes halogenated alkanes) is 3. The summed E-state index contributed by atoms with van der Waals surface area (Å²) >= 11 is 1.89. The minimum absolute atomic E-state index is 0.0327. The molecule has 0 spiro atoms. The summed E-state index contributed by atoms with van der Waals surface area (Å²) in [6.07, 6.45) is 10.2. The number of urea groups is 1. The molecule has 400 valence electrons. The van der Waals surface area contributed by atoms with Crippen LogP contribution in [-0.4, -0.2) is 159 Å². The van der Waals surface area contributed by atoms with E-state index in [4.69, 9.17) is 28.9 Å². The summed E-state index contributed by atoms with van der Waals surface area (Å²) in [5.41, 5.74) is 2.99. The van der Waals surface area contributed by atoms with E-state index in [1.165, 1.54) is 6.20 Å². The second kappa shape index (κ2) is 29.8. The van der Waals surface area contributed by atoms with E-state index in [0.29, 0.717) is 105 Å². The lowest BCUT2D eigenvalue weighted by molar-refractivity contribution is -0.121. The zero-order valence-electron chi connectivity index (χ0n) is 42.6. The van der Waals surface area contributed by atoms with Crippen LogP contribution in [-0.2, 0) is 30.3 Å². The Morgan fingerprint density at radius 3 is 2.30 bits per heavy atom. The van der Waals surface area contributed by atoms with Crippen molar-refractivity contribution in [3.05, 3.63) is 83.2 Å². The molecule has 6 amide bonds. The Bertz CT molecular complexity index is 2320. The number of carbonyl (C=O) groups excluding carboxylic acids is 5. The van der Waals surface area contributed by atoms with Gasteiger partial charge >= 0.3 is 6.03 Å². The largest absolute Gasteiger partial charge is 0.497 e. The number of anilines is 1. The van der Waals surface area contributed by atoms with Gasteiger partial charge in [0, 0.05) is 101 Å². The van der Waals surface area contributed by atoms with Crippen LogP contribution >= 0.6 is 11.8 Å². The van der Waals surface area contributed by atoms with Crippen molar-refractivity contribution < 1.29 is 47.7 Å². The Hall–Kier alpha value is -5.98. The van der Waals surface area contributed by atoms with Crippen LogP contribution in [0.3, 0.4) is 0 Å². The Morgan fingerprint density at radius 2 is 1.57 bits per heavy atom. The van der Waals surface area contributed by atoms with Crippen LogP contribution in [0.15, 0.2) is 60.8 Å². The fourth-order valence-corrected chi connectivity index (χ4v) is 11.0. The van der Waals surface area contributed by atoms with Crippen LogP contribution in [0.2, 0.25) is 0 Å². The number of pyridine rings is 1. The van der Waals surface area contributed by atoms with Gasteiger partial charge < -0.3 is 55.2 Å². The van der Waals surface area contributed by atoms with Gasteiger partial charge in [-0.15, -0.1) is 0 Å². The molecule has 3 atom stereocenters. The lowest BCUT2D eigenvalue weighted by Crippen LogP contribution is -2.44. The molecule has 4 saturated heterocycles. The zero-order valence-corrected chi connectivity index (χ0v) is 43.4. The average Bonchev–Trinajstić information content (AvgIpc) is 3.98. The summed E-state index contributed by atoms with van der Waals surface area (Å²) in [5.74, 6) is 1.45. The molecule has 4 aliphatic heterocycles. The van der Waals surface area contributed by atoms with Crippen molar-refractivity contribution in [1.29, 1.82) is 5.26 Å². The molecule has 3 aromatic rings. The van der Waals surface area contributed by atoms with Gasteiger partial charge in [0.1, 0.15) is 23.3 Å². The van der Waals surface area contributed by atoms with E-state index in [0.717, 1.165) is 82.3 Å². The molecule has 0 unspecified atom stereocenters. The van der Waals surface area contributed by atoms with Crippen molar-refractivity contribution in [3.8, 4) is 17.6 Å². The third-order valence-electron chi connectivity index (χ3n) is 13.7. The van der Waals surface area contributed by atoms with Crippen molar-refractivity contribution in [3.63, 3.8) is 0 Å². The molecule has 19 nitrogen and oxygen atoms in total. The molecule has 0 aliphatic carbocycles. The maximum atomic E-state index is 13.4. The number of likely N-dealkylation sites (tertiary alicyclic amines) is 2. The number of amides is 6. The first-order chi connectivity index (χ1) is 36.1. The molecule has 7 rings (SSSR count). The maximum absolute atomic E-state index is 13.4. The quantitative estimate of drug-likeness (QED) is 0.0431. The summed E-state index contributed by atoms with van der Waals surface area (Å²) in [6, 6.07) is 18.7. The molecule has 5 N–H and O–H groups in total. The Kier molecular flexibility index (Phi) is 22.5. The molecule has 20 heteroatoms. The molecule has 1 aromatic heterocycles. The number of nitriles is 1. The molecule has 5 heterocycles. The highest BCUT2D eigenvalue weighted by Crippen LogP contribution is 2.34. The first kappa shape index (κ1) is 55.8. The summed E-state index contributed by atoms with van der Waals surface area (Å²) < 4.78 is 28.8. The number of hydrogen-bond donors (Lipinski definition) is 5. The summed E-state index contributed by atoms with van der Waals surface area (Å²) in [4.78, 5) is 71.7. The first-order valence-corrected chi connectivity index (χ1v) is 27.3. The van der Waals surface area contributed by atoms with Crippen molar-refractivity contribution in [2.45, 2.75) is 113 Å². The molecule has 2 aromatic carbocycles. The Morgan fingerprint density at radius 1 is 0.811 bits per heavy atom. The molecular weight excluding hydrogens is 967 g/mol. The second-order valence-electron chi connectivity index (χ2n) is 19.1. The number of nitrogens with one attached hydrogen (secondary N) is 5. The first-order valence-electron chi connectivity index (χ1n) is 26.2. The third kappa shape index (κ3) is 17.9. The predicted molar refractivity (Wildman–Crippen MR) is 280 cm³/mol. The van der Waals surface area contributed by atoms with Crippen LogP contribution in [0, 0.1) is 11.3 Å². The predicted octanol–water partition coefficient (Wildman–Crippen LogP) is 5.43. The molecule has 4 fully saturated rings. The van der Waals surface area contributed by atoms with Crippen LogP contribution in [0.1, 0.15) is 109 Å². The van der Waals surface area contributed by atoms with Gasteiger partial charge in [0.15, 0.2) is 0 Å². The zero-order chi connectivity index (χ0) is 51.9. The van der Waals surface area contributed by atoms with Gasteiger partial charge in [-0.2, -0.15) is 17.0 Å². The number of methoxy groups -OCH3 is 1. The van der Waals surface area contributed by atoms with E-state index in [2.05, 4.69) is 42.5 Å². The Balaban J connectivity index is 0.685. The molecule has 0 saturated carbocycles. The SMILES string of the molecule is COc1ccc(OC2CCN(C(=O)c3ccc(C(=O)NC4CCN(Cc5ccc(C#N)cc5)CC4)cn3)CC2)c(NC(=O)CCOCCCCCOCCOCCNC(=O)CCCC[C@@H]2SC[C@@H]3NC(=O)N[C@@H]32)c1. The van der Waals surface area contributed by atoms with Crippen LogP contribution < -0.4 is 36.1 Å². The number of carbonyl (C=O) groups is 5. The molecule has 0 radical (unpaired) electrons. The molecule has 74 heavy (non-hydrogen) atoms. The summed E-state index contributed by atoms with van der Waals surface area (Å²) in [5, 5.41) is 24.4. The van der Waals surface area contributed by atoms with Gasteiger partial charge in [0.05, 0.1) is 74.9 Å². The summed E-state index contributed by atoms with van der Waals surface area (Å²) in [6.45, 7) is 6.73. The van der Waals surface area contributed by atoms with Gasteiger partial charge in [-0.1, -0.05) is 18.6 Å². The lowest BCUT2D eigenvalue weighted by Gasteiger charge is -2.32. The van der Waals surface area contributed by atoms with Crippen LogP contribution in [0.4, 0.5) is 10.5 Å². The van der Waals surface area contributed by atoms with E-state index < -0.39 is 0 Å². The molecular formula is C54H73N9O10S. The number of benzene rings is 2. The van der Waals surface area contributed by atoms with E-state index in [1.807, 2.05) is 36.0 Å². The fraction of sp³-hybridized carbons (Fsp3) is 0.574. The normalized spacial score (nSPS) is 18.9. The van der Waals surface area contributed by atoms with Crippen LogP contribution in [0.5, 0.6) is 11.5 Å². The van der Waals surface area contributed by atoms with Crippen molar-refractivity contribution in [2.75, 3.05) is 90.5 Å². The highest BCUT2D eigenvalue weighted by atomic mass is 32.2. The fourth-order valence-electron chi connectivity index (χ4n) is 9.47. The second-order valence-corrected chi connectivity index (χ2v) is 20.4. The van der Waals surface area contributed by atoms with Crippen LogP contribution in [0.25, 0.3) is 0 Å². The van der Waals surface area contributed by atoms with Crippen molar-refractivity contribution >= 4 is 47.1 Å². The molecule has 4 aliphatic rings. The number of aromatic nitrogens is 1. The monoisotopic (exact) mass is 1040 g/mol. The smallest absolute Gasteiger partial charge is 0.315 e. The number of thioether (sulfide) groups is 1. The molecule has 0 bridgehead atoms. The number of hydrogen-bond acceptors (Lipinski definition) is 14. The van der Waals surface area contributed by atoms with Crippen molar-refractivity contribution in [2.24, 2.45) is 0 Å². The van der Waals surface area contributed by atoms with Gasteiger partial charge in [-0.05, 0) is 86.9 Å². The van der Waals surface area contributed by atoms with E-state index in [9.17, 15) is 24.0 Å². The van der Waals surface area contributed by atoms with E-state index in [-0.39, 0.29) is 72.6 Å². The van der Waals surface area contributed by atoms with Gasteiger partial charge in [-0.25, -0.2) is 4.79 Å². The van der Waals surface area contributed by atoms with Gasteiger partial charge in [0.2, 0.25) is 11.8 Å². The highest BCUT2D eigenvalue weighted by molar-refractivity contribution is 8.00. The lowest BCUT2D eigenvalue weighted by atomic mass is 10.0. The van der Waals surface area contributed by atoms with Gasteiger partial charge in [0.25, 0.3) is 11.8 Å². The number of fused-ring (bicyclic) bond motifs is 1. The minimum atomic E-state index is -0.210. The van der Waals surface area contributed by atoms with E-state index in [1.54, 1.807) is 42.3 Å². The third-order valence-corrected chi connectivity index (χ3v) is 15.2. The van der Waals surface area contributed by atoms with Crippen molar-refractivity contribution in [1.82, 2.24) is 36.1 Å². The average molecular weight is 1040 g/mol. The maximum Gasteiger partial charge on any atom is 0.315 e.